The molecule has 0 fully saturated rings. The molecule has 0 spiro atoms. The number of nitrogens with one attached hydrogen (secondary N) is 1. The van der Waals surface area contributed by atoms with Gasteiger partial charge in [0.2, 0.25) is 0 Å². The van der Waals surface area contributed by atoms with Gasteiger partial charge in [0.15, 0.2) is 6.61 Å². The summed E-state index contributed by atoms with van der Waals surface area (Å²) in [7, 11) is 2.07. The third-order valence-electron chi connectivity index (χ3n) is 4.88. The van der Waals surface area contributed by atoms with Crippen LogP contribution < -0.4 is 15.0 Å². The summed E-state index contributed by atoms with van der Waals surface area (Å²) in [6.45, 7) is 1.63. The lowest BCUT2D eigenvalue weighted by Gasteiger charge is -2.19. The van der Waals surface area contributed by atoms with Gasteiger partial charge < -0.3 is 15.0 Å². The Bertz CT molecular complexity index is 715. The average molecular weight is 352 g/mol. The lowest BCUT2D eigenvalue weighted by atomic mass is 9.92. The third-order valence-corrected chi connectivity index (χ3v) is 4.88. The first-order valence-electron chi connectivity index (χ1n) is 9.50. The van der Waals surface area contributed by atoms with Gasteiger partial charge in [-0.1, -0.05) is 24.3 Å². The Hall–Kier alpha value is -2.49. The van der Waals surface area contributed by atoms with Gasteiger partial charge in [0.05, 0.1) is 0 Å². The van der Waals surface area contributed by atoms with Crippen molar-refractivity contribution in [3.8, 4) is 5.75 Å². The molecule has 138 valence electrons. The van der Waals surface area contributed by atoms with Crippen molar-refractivity contribution in [2.24, 2.45) is 0 Å². The number of carbonyl (C=O) groups excluding carboxylic acids is 1. The largest absolute Gasteiger partial charge is 0.484 e. The molecule has 0 atom stereocenters. The zero-order valence-corrected chi connectivity index (χ0v) is 15.5. The van der Waals surface area contributed by atoms with Gasteiger partial charge in [-0.2, -0.15) is 0 Å². The van der Waals surface area contributed by atoms with Crippen molar-refractivity contribution in [3.63, 3.8) is 0 Å². The molecule has 0 aliphatic heterocycles. The van der Waals surface area contributed by atoms with Crippen LogP contribution in [-0.4, -0.2) is 32.7 Å². The minimum absolute atomic E-state index is 0.0647. The lowest BCUT2D eigenvalue weighted by Crippen LogP contribution is -2.31. The van der Waals surface area contributed by atoms with E-state index >= 15 is 0 Å². The number of hydrogen-bond acceptors (Lipinski definition) is 3. The molecule has 0 radical (unpaired) electrons. The predicted octanol–water partition coefficient (Wildman–Crippen LogP) is 3.59. The fraction of sp³-hybridized carbons (Fsp3) is 0.409. The van der Waals surface area contributed by atoms with Crippen LogP contribution in [0.2, 0.25) is 0 Å². The number of carbonyl (C=O) groups is 1. The summed E-state index contributed by atoms with van der Waals surface area (Å²) in [5.41, 5.74) is 3.99. The molecule has 0 saturated carbocycles. The summed E-state index contributed by atoms with van der Waals surface area (Å²) >= 11 is 0. The molecule has 1 amide bonds. The van der Waals surface area contributed by atoms with E-state index in [1.165, 1.54) is 29.7 Å². The van der Waals surface area contributed by atoms with Crippen molar-refractivity contribution >= 4 is 11.6 Å². The maximum atomic E-state index is 12.0. The summed E-state index contributed by atoms with van der Waals surface area (Å²) < 4.78 is 5.66. The van der Waals surface area contributed by atoms with Crippen LogP contribution in [0.15, 0.2) is 48.5 Å². The molecular formula is C22H28N2O2. The number of aryl methyl sites for hydroxylation is 2. The molecule has 1 aliphatic rings. The van der Waals surface area contributed by atoms with E-state index in [9.17, 15) is 4.79 Å². The van der Waals surface area contributed by atoms with Gasteiger partial charge in [-0.3, -0.25) is 4.79 Å². The molecule has 1 N–H and O–H groups in total. The lowest BCUT2D eigenvalue weighted by molar-refractivity contribution is -0.123. The van der Waals surface area contributed by atoms with Crippen molar-refractivity contribution in [1.82, 2.24) is 5.32 Å². The Morgan fingerprint density at radius 1 is 1.08 bits per heavy atom. The van der Waals surface area contributed by atoms with E-state index in [-0.39, 0.29) is 12.5 Å². The number of nitrogens with zero attached hydrogens (tertiary/aromatic N) is 1. The van der Waals surface area contributed by atoms with Gasteiger partial charge in [0, 0.05) is 25.8 Å². The Kier molecular flexibility index (Phi) is 6.53. The van der Waals surface area contributed by atoms with Crippen LogP contribution in [0.4, 0.5) is 5.69 Å². The molecule has 0 heterocycles. The molecule has 0 aromatic heterocycles. The maximum Gasteiger partial charge on any atom is 0.257 e. The van der Waals surface area contributed by atoms with Crippen molar-refractivity contribution in [3.05, 3.63) is 59.7 Å². The number of amides is 1. The van der Waals surface area contributed by atoms with Crippen LogP contribution >= 0.6 is 0 Å². The summed E-state index contributed by atoms with van der Waals surface area (Å²) in [6.07, 6.45) is 5.70. The van der Waals surface area contributed by atoms with E-state index in [4.69, 9.17) is 4.74 Å². The van der Waals surface area contributed by atoms with Crippen molar-refractivity contribution in [2.75, 3.05) is 31.6 Å². The van der Waals surface area contributed by atoms with Gasteiger partial charge in [-0.05, 0) is 67.5 Å². The van der Waals surface area contributed by atoms with Gasteiger partial charge >= 0.3 is 0 Å². The van der Waals surface area contributed by atoms with Gasteiger partial charge in [0.25, 0.3) is 5.91 Å². The Balaban J connectivity index is 1.34. The highest BCUT2D eigenvalue weighted by Gasteiger charge is 2.10. The van der Waals surface area contributed by atoms with Gasteiger partial charge in [-0.15, -0.1) is 0 Å². The number of fused-ring (bicyclic) bond motifs is 1. The fourth-order valence-electron chi connectivity index (χ4n) is 3.36. The molecule has 26 heavy (non-hydrogen) atoms. The van der Waals surface area contributed by atoms with Gasteiger partial charge in [0.1, 0.15) is 5.75 Å². The predicted molar refractivity (Wildman–Crippen MR) is 106 cm³/mol. The summed E-state index contributed by atoms with van der Waals surface area (Å²) in [5, 5.41) is 2.93. The SMILES string of the molecule is CN(CCCNC(=O)COc1ccc2c(c1)CCCC2)c1ccccc1. The summed E-state index contributed by atoms with van der Waals surface area (Å²) in [6, 6.07) is 16.5. The Labute approximate surface area is 156 Å². The monoisotopic (exact) mass is 352 g/mol. The minimum atomic E-state index is -0.0647. The Morgan fingerprint density at radius 3 is 2.65 bits per heavy atom. The number of hydrogen-bond donors (Lipinski definition) is 1. The number of ether oxygens (including phenoxy) is 1. The smallest absolute Gasteiger partial charge is 0.257 e. The van der Waals surface area contributed by atoms with Crippen LogP contribution in [0.3, 0.4) is 0 Å². The number of anilines is 1. The highest BCUT2D eigenvalue weighted by molar-refractivity contribution is 5.77. The normalized spacial score (nSPS) is 13.0. The summed E-state index contributed by atoms with van der Waals surface area (Å²) in [4.78, 5) is 14.2. The second-order valence-electron chi connectivity index (χ2n) is 6.89. The molecule has 0 bridgehead atoms. The fourth-order valence-corrected chi connectivity index (χ4v) is 3.36. The second kappa shape index (κ2) is 9.27. The molecule has 0 saturated heterocycles. The first-order chi connectivity index (χ1) is 12.7. The average Bonchev–Trinajstić information content (AvgIpc) is 2.70. The van der Waals surface area contributed by atoms with Crippen molar-refractivity contribution in [2.45, 2.75) is 32.1 Å². The van der Waals surface area contributed by atoms with E-state index in [2.05, 4.69) is 41.5 Å². The van der Waals surface area contributed by atoms with Crippen LogP contribution in [-0.2, 0) is 17.6 Å². The zero-order valence-electron chi connectivity index (χ0n) is 15.5. The number of rotatable bonds is 8. The molecule has 1 aliphatic carbocycles. The van der Waals surface area contributed by atoms with E-state index in [0.29, 0.717) is 6.54 Å². The van der Waals surface area contributed by atoms with Crippen LogP contribution in [0, 0.1) is 0 Å². The number of benzene rings is 2. The van der Waals surface area contributed by atoms with Crippen molar-refractivity contribution < 1.29 is 9.53 Å². The van der Waals surface area contributed by atoms with Crippen LogP contribution in [0.5, 0.6) is 5.75 Å². The first-order valence-corrected chi connectivity index (χ1v) is 9.50. The van der Waals surface area contributed by atoms with E-state index in [1.807, 2.05) is 24.3 Å². The van der Waals surface area contributed by atoms with E-state index in [1.54, 1.807) is 0 Å². The molecule has 4 nitrogen and oxygen atoms in total. The maximum absolute atomic E-state index is 12.0. The highest BCUT2D eigenvalue weighted by Crippen LogP contribution is 2.25. The standard InChI is InChI=1S/C22H28N2O2/c1-24(20-10-3-2-4-11-20)15-7-14-23-22(25)17-26-21-13-12-18-8-5-6-9-19(18)16-21/h2-4,10-13,16H,5-9,14-15,17H2,1H3,(H,23,25). The molecular weight excluding hydrogens is 324 g/mol. The molecule has 0 unspecified atom stereocenters. The third kappa shape index (κ3) is 5.25. The van der Waals surface area contributed by atoms with Crippen molar-refractivity contribution in [1.29, 1.82) is 0 Å². The zero-order chi connectivity index (χ0) is 18.2. The van der Waals surface area contributed by atoms with Crippen LogP contribution in [0.1, 0.15) is 30.4 Å². The molecule has 2 aromatic carbocycles. The Morgan fingerprint density at radius 2 is 1.85 bits per heavy atom. The second-order valence-corrected chi connectivity index (χ2v) is 6.89. The van der Waals surface area contributed by atoms with E-state index < -0.39 is 0 Å². The minimum Gasteiger partial charge on any atom is -0.484 e. The first kappa shape index (κ1) is 18.3. The van der Waals surface area contributed by atoms with E-state index in [0.717, 1.165) is 31.6 Å². The van der Waals surface area contributed by atoms with Gasteiger partial charge in [-0.25, -0.2) is 0 Å². The topological polar surface area (TPSA) is 41.6 Å². The summed E-state index contributed by atoms with van der Waals surface area (Å²) in [5.74, 6) is 0.731. The van der Waals surface area contributed by atoms with Crippen LogP contribution in [0.25, 0.3) is 0 Å². The molecule has 4 heteroatoms. The highest BCUT2D eigenvalue weighted by atomic mass is 16.5. The quantitative estimate of drug-likeness (QED) is 0.738. The molecule has 3 rings (SSSR count). The molecule has 2 aromatic rings. The number of para-hydroxylation sites is 1.